The Bertz CT molecular complexity index is 815. The lowest BCUT2D eigenvalue weighted by Crippen LogP contribution is -2.30. The van der Waals surface area contributed by atoms with Crippen LogP contribution in [0.25, 0.3) is 0 Å². The van der Waals surface area contributed by atoms with Crippen LogP contribution < -0.4 is 5.32 Å². The van der Waals surface area contributed by atoms with Gasteiger partial charge in [-0.3, -0.25) is 9.00 Å². The molecule has 6 heteroatoms. The van der Waals surface area contributed by atoms with E-state index < -0.39 is 16.8 Å². The molecule has 0 heterocycles. The first-order chi connectivity index (χ1) is 12.9. The number of hydrogen-bond acceptors (Lipinski definition) is 4. The standard InChI is InChI=1S/C21H25NO4S/c1-15(2)17-10-8-16(9-11-17)12-13-22-20(23)14-26-21(24)18-6-4-5-7-19(18)27(3)25/h4-11,15H,12-14H2,1-3H3,(H,22,23)/t27-/m1/s1. The molecule has 0 aliphatic carbocycles. The van der Waals surface area contributed by atoms with E-state index >= 15 is 0 Å². The Morgan fingerprint density at radius 2 is 1.74 bits per heavy atom. The van der Waals surface area contributed by atoms with Gasteiger partial charge in [0.2, 0.25) is 0 Å². The third-order valence-electron chi connectivity index (χ3n) is 4.13. The van der Waals surface area contributed by atoms with Crippen LogP contribution >= 0.6 is 0 Å². The van der Waals surface area contributed by atoms with E-state index in [4.69, 9.17) is 4.74 Å². The summed E-state index contributed by atoms with van der Waals surface area (Å²) in [4.78, 5) is 24.4. The van der Waals surface area contributed by atoms with E-state index in [1.54, 1.807) is 18.2 Å². The number of hydrogen-bond donors (Lipinski definition) is 1. The van der Waals surface area contributed by atoms with Crippen LogP contribution in [0.15, 0.2) is 53.4 Å². The summed E-state index contributed by atoms with van der Waals surface area (Å²) in [6, 6.07) is 14.8. The molecule has 1 N–H and O–H groups in total. The van der Waals surface area contributed by atoms with Crippen LogP contribution in [0.3, 0.4) is 0 Å². The highest BCUT2D eigenvalue weighted by molar-refractivity contribution is 7.84. The molecule has 0 saturated carbocycles. The van der Waals surface area contributed by atoms with E-state index in [0.29, 0.717) is 23.8 Å². The highest BCUT2D eigenvalue weighted by Crippen LogP contribution is 2.15. The predicted molar refractivity (Wildman–Crippen MR) is 106 cm³/mol. The lowest BCUT2D eigenvalue weighted by Gasteiger charge is -2.09. The molecule has 0 aromatic heterocycles. The van der Waals surface area contributed by atoms with Crippen molar-refractivity contribution in [2.45, 2.75) is 31.1 Å². The molecule has 0 radical (unpaired) electrons. The van der Waals surface area contributed by atoms with Crippen molar-refractivity contribution in [3.05, 3.63) is 65.2 Å². The Kier molecular flexibility index (Phi) is 7.73. The summed E-state index contributed by atoms with van der Waals surface area (Å²) >= 11 is 0. The Morgan fingerprint density at radius 3 is 2.37 bits per heavy atom. The maximum absolute atomic E-state index is 12.1. The number of esters is 1. The zero-order chi connectivity index (χ0) is 19.8. The van der Waals surface area contributed by atoms with Crippen molar-refractivity contribution < 1.29 is 18.5 Å². The fraction of sp³-hybridized carbons (Fsp3) is 0.333. The fourth-order valence-corrected chi connectivity index (χ4v) is 3.29. The quantitative estimate of drug-likeness (QED) is 0.707. The maximum atomic E-state index is 12.1. The van der Waals surface area contributed by atoms with Gasteiger partial charge >= 0.3 is 5.97 Å². The molecule has 1 atom stereocenters. The normalized spacial score (nSPS) is 11.9. The average molecular weight is 388 g/mol. The number of benzene rings is 2. The minimum atomic E-state index is -1.31. The first-order valence-electron chi connectivity index (χ1n) is 8.83. The molecule has 2 aromatic rings. The van der Waals surface area contributed by atoms with Gasteiger partial charge in [-0.1, -0.05) is 50.2 Å². The summed E-state index contributed by atoms with van der Waals surface area (Å²) in [7, 11) is -1.31. The molecular formula is C21H25NO4S. The molecule has 0 unspecified atom stereocenters. The summed E-state index contributed by atoms with van der Waals surface area (Å²) in [6.07, 6.45) is 2.20. The lowest BCUT2D eigenvalue weighted by atomic mass is 10.0. The number of amides is 1. The van der Waals surface area contributed by atoms with Crippen LogP contribution in [0.4, 0.5) is 0 Å². The summed E-state index contributed by atoms with van der Waals surface area (Å²) in [6.45, 7) is 4.39. The molecule has 0 fully saturated rings. The second-order valence-electron chi connectivity index (χ2n) is 6.52. The van der Waals surface area contributed by atoms with Gasteiger partial charge in [0.05, 0.1) is 21.3 Å². The van der Waals surface area contributed by atoms with Gasteiger partial charge < -0.3 is 10.1 Å². The lowest BCUT2D eigenvalue weighted by molar-refractivity contribution is -0.124. The summed E-state index contributed by atoms with van der Waals surface area (Å²) in [5, 5.41) is 2.74. The van der Waals surface area contributed by atoms with Gasteiger partial charge in [0.1, 0.15) is 0 Å². The highest BCUT2D eigenvalue weighted by atomic mass is 32.2. The molecule has 2 rings (SSSR count). The molecule has 144 valence electrons. The minimum Gasteiger partial charge on any atom is -0.452 e. The number of carbonyl (C=O) groups excluding carboxylic acids is 2. The second kappa shape index (κ2) is 10.0. The van der Waals surface area contributed by atoms with Crippen molar-refractivity contribution in [1.82, 2.24) is 5.32 Å². The van der Waals surface area contributed by atoms with Gasteiger partial charge in [0.15, 0.2) is 6.61 Å². The van der Waals surface area contributed by atoms with Gasteiger partial charge in [-0.2, -0.15) is 0 Å². The van der Waals surface area contributed by atoms with Crippen molar-refractivity contribution in [2.75, 3.05) is 19.4 Å². The van der Waals surface area contributed by atoms with Crippen LogP contribution in [0, 0.1) is 0 Å². The topological polar surface area (TPSA) is 72.5 Å². The number of nitrogens with one attached hydrogen (secondary N) is 1. The first-order valence-corrected chi connectivity index (χ1v) is 10.4. The molecule has 2 aromatic carbocycles. The Balaban J connectivity index is 1.78. The molecule has 27 heavy (non-hydrogen) atoms. The summed E-state index contributed by atoms with van der Waals surface area (Å²) < 4.78 is 16.7. The average Bonchev–Trinajstić information content (AvgIpc) is 2.66. The van der Waals surface area contributed by atoms with Gasteiger partial charge in [-0.25, -0.2) is 4.79 Å². The van der Waals surface area contributed by atoms with Crippen LogP contribution in [-0.4, -0.2) is 35.5 Å². The Hall–Kier alpha value is -2.47. The molecule has 0 spiro atoms. The molecule has 0 saturated heterocycles. The van der Waals surface area contributed by atoms with E-state index in [-0.39, 0.29) is 18.1 Å². The van der Waals surface area contributed by atoms with E-state index in [1.165, 1.54) is 17.9 Å². The minimum absolute atomic E-state index is 0.219. The zero-order valence-corrected chi connectivity index (χ0v) is 16.7. The largest absolute Gasteiger partial charge is 0.452 e. The first kappa shape index (κ1) is 20.8. The van der Waals surface area contributed by atoms with Crippen molar-refractivity contribution in [3.63, 3.8) is 0 Å². The van der Waals surface area contributed by atoms with Gasteiger partial charge in [-0.15, -0.1) is 0 Å². The predicted octanol–water partition coefficient (Wildman–Crippen LogP) is 3.06. The van der Waals surface area contributed by atoms with E-state index in [9.17, 15) is 13.8 Å². The molecule has 0 aliphatic heterocycles. The van der Waals surface area contributed by atoms with Crippen LogP contribution in [0.1, 0.15) is 41.3 Å². The van der Waals surface area contributed by atoms with Gasteiger partial charge in [0.25, 0.3) is 5.91 Å². The summed E-state index contributed by atoms with van der Waals surface area (Å²) in [5.41, 5.74) is 2.63. The monoisotopic (exact) mass is 387 g/mol. The van der Waals surface area contributed by atoms with Crippen LogP contribution in [0.2, 0.25) is 0 Å². The van der Waals surface area contributed by atoms with Gasteiger partial charge in [-0.05, 0) is 35.6 Å². The Labute approximate surface area is 162 Å². The smallest absolute Gasteiger partial charge is 0.339 e. The van der Waals surface area contributed by atoms with Crippen LogP contribution in [-0.2, 0) is 26.8 Å². The van der Waals surface area contributed by atoms with Crippen LogP contribution in [0.5, 0.6) is 0 Å². The third-order valence-corrected chi connectivity index (χ3v) is 5.11. The van der Waals surface area contributed by atoms with Crippen molar-refractivity contribution in [1.29, 1.82) is 0 Å². The van der Waals surface area contributed by atoms with E-state index in [0.717, 1.165) is 5.56 Å². The van der Waals surface area contributed by atoms with Crippen molar-refractivity contribution in [3.8, 4) is 0 Å². The third kappa shape index (κ3) is 6.32. The molecular weight excluding hydrogens is 362 g/mol. The number of ether oxygens (including phenoxy) is 1. The number of carbonyl (C=O) groups is 2. The molecule has 0 bridgehead atoms. The highest BCUT2D eigenvalue weighted by Gasteiger charge is 2.15. The van der Waals surface area contributed by atoms with E-state index in [1.807, 2.05) is 0 Å². The maximum Gasteiger partial charge on any atom is 0.339 e. The van der Waals surface area contributed by atoms with E-state index in [2.05, 4.69) is 43.4 Å². The van der Waals surface area contributed by atoms with Crippen molar-refractivity contribution in [2.24, 2.45) is 0 Å². The fourth-order valence-electron chi connectivity index (χ4n) is 2.56. The molecule has 1 amide bonds. The Morgan fingerprint density at radius 1 is 1.07 bits per heavy atom. The van der Waals surface area contributed by atoms with Crippen molar-refractivity contribution >= 4 is 22.7 Å². The molecule has 5 nitrogen and oxygen atoms in total. The zero-order valence-electron chi connectivity index (χ0n) is 15.9. The molecule has 0 aliphatic rings. The van der Waals surface area contributed by atoms with Gasteiger partial charge in [0, 0.05) is 12.8 Å². The SMILES string of the molecule is CC(C)c1ccc(CCNC(=O)COC(=O)c2ccccc2[S@@](C)=O)cc1. The second-order valence-corrected chi connectivity index (χ2v) is 7.87. The number of rotatable bonds is 8. The summed E-state index contributed by atoms with van der Waals surface area (Å²) in [5.74, 6) is -0.527.